The lowest BCUT2D eigenvalue weighted by atomic mass is 10.1. The number of carbonyl (C=O) groups is 1. The number of nitrogens with zero attached hydrogens (tertiary/aromatic N) is 3. The van der Waals surface area contributed by atoms with Crippen molar-refractivity contribution < 1.29 is 4.79 Å². The van der Waals surface area contributed by atoms with Crippen LogP contribution in [-0.2, 0) is 11.3 Å². The normalized spacial score (nSPS) is 12.3. The highest BCUT2D eigenvalue weighted by Gasteiger charge is 2.22. The number of aromatic nitrogens is 2. The number of hydrogen-bond acceptors (Lipinski definition) is 3. The first-order chi connectivity index (χ1) is 11.2. The predicted octanol–water partition coefficient (Wildman–Crippen LogP) is 2.99. The quantitative estimate of drug-likeness (QED) is 0.815. The first-order valence-corrected chi connectivity index (χ1v) is 8.30. The molecule has 0 saturated carbocycles. The zero-order valence-electron chi connectivity index (χ0n) is 14.2. The van der Waals surface area contributed by atoms with E-state index in [1.165, 1.54) is 5.56 Å². The first kappa shape index (κ1) is 17.2. The maximum Gasteiger partial charge on any atom is 0.242 e. The molecule has 1 heterocycles. The van der Waals surface area contributed by atoms with Crippen molar-refractivity contribution in [3.63, 3.8) is 0 Å². The number of hydrogen-bond donors (Lipinski definition) is 1. The summed E-state index contributed by atoms with van der Waals surface area (Å²) in [6.45, 7) is 8.62. The first-order valence-electron chi connectivity index (χ1n) is 8.30. The van der Waals surface area contributed by atoms with Gasteiger partial charge in [0.2, 0.25) is 5.91 Å². The van der Waals surface area contributed by atoms with Gasteiger partial charge in [-0.05, 0) is 25.1 Å². The van der Waals surface area contributed by atoms with Gasteiger partial charge in [0.1, 0.15) is 0 Å². The van der Waals surface area contributed by atoms with Gasteiger partial charge in [0.05, 0.1) is 12.6 Å². The Morgan fingerprint density at radius 2 is 1.87 bits per heavy atom. The monoisotopic (exact) mass is 314 g/mol. The number of benzene rings is 1. The van der Waals surface area contributed by atoms with Crippen molar-refractivity contribution in [2.75, 3.05) is 18.4 Å². The molecule has 1 N–H and O–H groups in total. The SMILES string of the molecule is CC[C@@H](C(=O)Nc1ccn(Cc2ccccc2)n1)N(CC)CC. The maximum absolute atomic E-state index is 12.5. The Morgan fingerprint density at radius 3 is 2.48 bits per heavy atom. The number of likely N-dealkylation sites (N-methyl/N-ethyl adjacent to an activating group) is 1. The third-order valence-electron chi connectivity index (χ3n) is 4.02. The lowest BCUT2D eigenvalue weighted by Gasteiger charge is -2.27. The molecule has 1 atom stereocenters. The fourth-order valence-electron chi connectivity index (χ4n) is 2.77. The molecule has 0 spiro atoms. The molecule has 0 saturated heterocycles. The summed E-state index contributed by atoms with van der Waals surface area (Å²) in [6, 6.07) is 11.9. The van der Waals surface area contributed by atoms with Gasteiger partial charge >= 0.3 is 0 Å². The van der Waals surface area contributed by atoms with Crippen molar-refractivity contribution in [3.8, 4) is 0 Å². The van der Waals surface area contributed by atoms with Gasteiger partial charge in [0, 0.05) is 12.3 Å². The molecular formula is C18H26N4O. The highest BCUT2D eigenvalue weighted by Crippen LogP contribution is 2.10. The average molecular weight is 314 g/mol. The topological polar surface area (TPSA) is 50.2 Å². The predicted molar refractivity (Wildman–Crippen MR) is 93.4 cm³/mol. The molecule has 124 valence electrons. The number of rotatable bonds is 8. The molecule has 0 aliphatic rings. The number of nitrogens with one attached hydrogen (secondary N) is 1. The molecule has 23 heavy (non-hydrogen) atoms. The highest BCUT2D eigenvalue weighted by atomic mass is 16.2. The Labute approximate surface area is 138 Å². The van der Waals surface area contributed by atoms with Crippen LogP contribution in [0.25, 0.3) is 0 Å². The van der Waals surface area contributed by atoms with Crippen LogP contribution in [0.2, 0.25) is 0 Å². The van der Waals surface area contributed by atoms with E-state index in [0.29, 0.717) is 12.4 Å². The Hall–Kier alpha value is -2.14. The van der Waals surface area contributed by atoms with Crippen molar-refractivity contribution in [2.24, 2.45) is 0 Å². The fraction of sp³-hybridized carbons (Fsp3) is 0.444. The lowest BCUT2D eigenvalue weighted by Crippen LogP contribution is -2.43. The molecule has 5 nitrogen and oxygen atoms in total. The van der Waals surface area contributed by atoms with Gasteiger partial charge in [0.25, 0.3) is 0 Å². The molecule has 2 aromatic rings. The number of anilines is 1. The van der Waals surface area contributed by atoms with E-state index >= 15 is 0 Å². The molecule has 0 unspecified atom stereocenters. The molecule has 1 amide bonds. The minimum absolute atomic E-state index is 0.0150. The maximum atomic E-state index is 12.5. The van der Waals surface area contributed by atoms with Crippen LogP contribution in [-0.4, -0.2) is 39.7 Å². The molecular weight excluding hydrogens is 288 g/mol. The Kier molecular flexibility index (Phi) is 6.35. The second-order valence-corrected chi connectivity index (χ2v) is 5.52. The Balaban J connectivity index is 1.99. The molecule has 0 fully saturated rings. The van der Waals surface area contributed by atoms with Crippen LogP contribution in [0, 0.1) is 0 Å². The van der Waals surface area contributed by atoms with Gasteiger partial charge in [-0.15, -0.1) is 0 Å². The van der Waals surface area contributed by atoms with Crippen molar-refractivity contribution in [2.45, 2.75) is 39.8 Å². The molecule has 5 heteroatoms. The van der Waals surface area contributed by atoms with Crippen molar-refractivity contribution in [3.05, 3.63) is 48.2 Å². The Bertz CT molecular complexity index is 604. The average Bonchev–Trinajstić information content (AvgIpc) is 3.00. The van der Waals surface area contributed by atoms with Gasteiger partial charge in [-0.25, -0.2) is 0 Å². The van der Waals surface area contributed by atoms with Crippen LogP contribution in [0.15, 0.2) is 42.6 Å². The third-order valence-corrected chi connectivity index (χ3v) is 4.02. The van der Waals surface area contributed by atoms with E-state index in [1.807, 2.05) is 42.1 Å². The standard InChI is InChI=1S/C18H26N4O/c1-4-16(21(5-2)6-3)18(23)19-17-12-13-22(20-17)14-15-10-8-7-9-11-15/h7-13,16H,4-6,14H2,1-3H3,(H,19,20,23)/t16-/m0/s1. The number of amides is 1. The second-order valence-electron chi connectivity index (χ2n) is 5.52. The second kappa shape index (κ2) is 8.48. The van der Waals surface area contributed by atoms with Gasteiger partial charge < -0.3 is 5.32 Å². The molecule has 0 bridgehead atoms. The molecule has 1 aromatic heterocycles. The molecule has 0 aliphatic carbocycles. The number of carbonyl (C=O) groups excluding carboxylic acids is 1. The Morgan fingerprint density at radius 1 is 1.17 bits per heavy atom. The summed E-state index contributed by atoms with van der Waals surface area (Å²) in [5.41, 5.74) is 1.18. The zero-order valence-corrected chi connectivity index (χ0v) is 14.2. The van der Waals surface area contributed by atoms with Crippen LogP contribution in [0.5, 0.6) is 0 Å². The van der Waals surface area contributed by atoms with E-state index in [9.17, 15) is 4.79 Å². The van der Waals surface area contributed by atoms with Crippen molar-refractivity contribution >= 4 is 11.7 Å². The van der Waals surface area contributed by atoms with E-state index in [0.717, 1.165) is 19.5 Å². The summed E-state index contributed by atoms with van der Waals surface area (Å²) in [5.74, 6) is 0.623. The van der Waals surface area contributed by atoms with E-state index in [-0.39, 0.29) is 11.9 Å². The van der Waals surface area contributed by atoms with Crippen LogP contribution in [0.1, 0.15) is 32.8 Å². The van der Waals surface area contributed by atoms with Crippen molar-refractivity contribution in [1.82, 2.24) is 14.7 Å². The highest BCUT2D eigenvalue weighted by molar-refractivity contribution is 5.93. The van der Waals surface area contributed by atoms with E-state index in [4.69, 9.17) is 0 Å². The molecule has 1 aromatic carbocycles. The fourth-order valence-corrected chi connectivity index (χ4v) is 2.77. The summed E-state index contributed by atoms with van der Waals surface area (Å²) in [6.07, 6.45) is 2.68. The largest absolute Gasteiger partial charge is 0.308 e. The minimum Gasteiger partial charge on any atom is -0.308 e. The lowest BCUT2D eigenvalue weighted by molar-refractivity contribution is -0.121. The summed E-state index contributed by atoms with van der Waals surface area (Å²) in [5, 5.41) is 7.38. The zero-order chi connectivity index (χ0) is 16.7. The summed E-state index contributed by atoms with van der Waals surface area (Å²) >= 11 is 0. The van der Waals surface area contributed by atoms with Crippen LogP contribution < -0.4 is 5.32 Å². The molecule has 0 aliphatic heterocycles. The van der Waals surface area contributed by atoms with E-state index in [1.54, 1.807) is 0 Å². The van der Waals surface area contributed by atoms with Crippen molar-refractivity contribution in [1.29, 1.82) is 0 Å². The summed E-state index contributed by atoms with van der Waals surface area (Å²) in [7, 11) is 0. The van der Waals surface area contributed by atoms with E-state index < -0.39 is 0 Å². The van der Waals surface area contributed by atoms with Gasteiger partial charge in [-0.2, -0.15) is 5.10 Å². The van der Waals surface area contributed by atoms with Crippen LogP contribution in [0.4, 0.5) is 5.82 Å². The van der Waals surface area contributed by atoms with Crippen LogP contribution >= 0.6 is 0 Å². The van der Waals surface area contributed by atoms with E-state index in [2.05, 4.69) is 41.3 Å². The van der Waals surface area contributed by atoms with Gasteiger partial charge in [-0.3, -0.25) is 14.4 Å². The van der Waals surface area contributed by atoms with Gasteiger partial charge in [-0.1, -0.05) is 51.1 Å². The summed E-state index contributed by atoms with van der Waals surface area (Å²) < 4.78 is 1.84. The van der Waals surface area contributed by atoms with Gasteiger partial charge in [0.15, 0.2) is 5.82 Å². The smallest absolute Gasteiger partial charge is 0.242 e. The molecule has 0 radical (unpaired) electrons. The molecule has 2 rings (SSSR count). The summed E-state index contributed by atoms with van der Waals surface area (Å²) in [4.78, 5) is 14.6. The van der Waals surface area contributed by atoms with Crippen LogP contribution in [0.3, 0.4) is 0 Å². The third kappa shape index (κ3) is 4.66. The minimum atomic E-state index is -0.107.